The van der Waals surface area contributed by atoms with E-state index in [-0.39, 0.29) is 17.6 Å². The van der Waals surface area contributed by atoms with Gasteiger partial charge in [0.25, 0.3) is 0 Å². The third kappa shape index (κ3) is 3.57. The van der Waals surface area contributed by atoms with Gasteiger partial charge in [0.15, 0.2) is 5.82 Å². The third-order valence-electron chi connectivity index (χ3n) is 2.99. The molecule has 0 aliphatic heterocycles. The highest BCUT2D eigenvalue weighted by Crippen LogP contribution is 2.29. The number of nitrogens with one attached hydrogen (secondary N) is 1. The maximum Gasteiger partial charge on any atom is 0.433 e. The van der Waals surface area contributed by atoms with E-state index in [1.165, 1.54) is 6.07 Å². The molecule has 3 rings (SSSR count). The van der Waals surface area contributed by atoms with Crippen molar-refractivity contribution in [2.75, 3.05) is 11.1 Å². The minimum absolute atomic E-state index is 0.0423. The van der Waals surface area contributed by atoms with Crippen LogP contribution in [-0.2, 0) is 6.18 Å². The smallest absolute Gasteiger partial charge is 0.368 e. The number of anilines is 3. The van der Waals surface area contributed by atoms with Crippen LogP contribution in [0.5, 0.6) is 0 Å². The average Bonchev–Trinajstić information content (AvgIpc) is 2.54. The largest absolute Gasteiger partial charge is 0.433 e. The van der Waals surface area contributed by atoms with Crippen molar-refractivity contribution < 1.29 is 13.2 Å². The second-order valence-electron chi connectivity index (χ2n) is 4.76. The lowest BCUT2D eigenvalue weighted by Gasteiger charge is -2.10. The van der Waals surface area contributed by atoms with Crippen LogP contribution in [0.15, 0.2) is 48.7 Å². The molecule has 0 radical (unpaired) electrons. The Labute approximate surface area is 134 Å². The van der Waals surface area contributed by atoms with Crippen molar-refractivity contribution in [3.63, 3.8) is 0 Å². The van der Waals surface area contributed by atoms with Gasteiger partial charge in [-0.25, -0.2) is 0 Å². The Hall–Kier alpha value is -3.23. The summed E-state index contributed by atoms with van der Waals surface area (Å²) in [7, 11) is 0. The number of nitrogen functional groups attached to an aromatic ring is 1. The topological polar surface area (TPSA) is 89.6 Å². The molecular weight excluding hydrogens is 321 g/mol. The molecule has 0 fully saturated rings. The van der Waals surface area contributed by atoms with Gasteiger partial charge in [-0.05, 0) is 12.1 Å². The number of aromatic nitrogens is 4. The van der Waals surface area contributed by atoms with Crippen LogP contribution in [-0.4, -0.2) is 19.9 Å². The van der Waals surface area contributed by atoms with Crippen LogP contribution in [0.3, 0.4) is 0 Å². The van der Waals surface area contributed by atoms with Gasteiger partial charge in [-0.1, -0.05) is 30.3 Å². The molecule has 0 aliphatic rings. The fraction of sp³-hybridized carbons (Fsp3) is 0.0667. The molecule has 1 aromatic carbocycles. The Morgan fingerprint density at radius 1 is 0.958 bits per heavy atom. The molecule has 2 aromatic heterocycles. The average molecular weight is 332 g/mol. The van der Waals surface area contributed by atoms with Gasteiger partial charge < -0.3 is 11.1 Å². The van der Waals surface area contributed by atoms with Crippen molar-refractivity contribution >= 4 is 17.6 Å². The van der Waals surface area contributed by atoms with Crippen LogP contribution < -0.4 is 11.1 Å². The van der Waals surface area contributed by atoms with E-state index in [9.17, 15) is 13.2 Å². The molecule has 0 amide bonds. The Kier molecular flexibility index (Phi) is 3.98. The molecule has 0 atom stereocenters. The molecule has 3 aromatic rings. The Morgan fingerprint density at radius 2 is 1.71 bits per heavy atom. The van der Waals surface area contributed by atoms with Crippen LogP contribution in [0, 0.1) is 0 Å². The summed E-state index contributed by atoms with van der Waals surface area (Å²) < 4.78 is 38.1. The lowest BCUT2D eigenvalue weighted by molar-refractivity contribution is -0.141. The highest BCUT2D eigenvalue weighted by molar-refractivity contribution is 5.60. The molecule has 0 saturated carbocycles. The van der Waals surface area contributed by atoms with E-state index in [1.807, 2.05) is 6.07 Å². The molecule has 0 bridgehead atoms. The summed E-state index contributed by atoms with van der Waals surface area (Å²) in [5.41, 5.74) is 5.49. The SMILES string of the molecule is Nc1nc(Nc2ccnc(C(F)(F)F)c2)nc(-c2ccccc2)n1. The van der Waals surface area contributed by atoms with Crippen molar-refractivity contribution in [1.82, 2.24) is 19.9 Å². The van der Waals surface area contributed by atoms with Crippen molar-refractivity contribution in [2.24, 2.45) is 0 Å². The molecule has 0 aliphatic carbocycles. The maximum atomic E-state index is 12.7. The Bertz CT molecular complexity index is 851. The Balaban J connectivity index is 1.92. The number of nitrogens with zero attached hydrogens (tertiary/aromatic N) is 4. The standard InChI is InChI=1S/C15H11F3N6/c16-15(17,18)11-8-10(6-7-20-11)21-14-23-12(22-13(19)24-14)9-4-2-1-3-5-9/h1-8H,(H3,19,20,21,22,23,24). The van der Waals surface area contributed by atoms with Gasteiger partial charge in [-0.15, -0.1) is 0 Å². The number of pyridine rings is 1. The molecule has 24 heavy (non-hydrogen) atoms. The number of nitrogens with two attached hydrogens (primary N) is 1. The van der Waals surface area contributed by atoms with E-state index in [1.54, 1.807) is 24.3 Å². The van der Waals surface area contributed by atoms with Gasteiger partial charge in [-0.3, -0.25) is 4.98 Å². The molecule has 2 heterocycles. The van der Waals surface area contributed by atoms with E-state index in [2.05, 4.69) is 25.3 Å². The van der Waals surface area contributed by atoms with Crippen molar-refractivity contribution in [2.45, 2.75) is 6.18 Å². The number of rotatable bonds is 3. The van der Waals surface area contributed by atoms with Crippen LogP contribution in [0.1, 0.15) is 5.69 Å². The van der Waals surface area contributed by atoms with E-state index >= 15 is 0 Å². The molecule has 6 nitrogen and oxygen atoms in total. The fourth-order valence-electron chi connectivity index (χ4n) is 1.96. The Morgan fingerprint density at radius 3 is 2.42 bits per heavy atom. The first-order valence-electron chi connectivity index (χ1n) is 6.79. The monoisotopic (exact) mass is 332 g/mol. The first-order chi connectivity index (χ1) is 11.4. The predicted molar refractivity (Wildman–Crippen MR) is 82.2 cm³/mol. The fourth-order valence-corrected chi connectivity index (χ4v) is 1.96. The van der Waals surface area contributed by atoms with Crippen LogP contribution in [0.4, 0.5) is 30.8 Å². The van der Waals surface area contributed by atoms with Gasteiger partial charge in [-0.2, -0.15) is 28.1 Å². The van der Waals surface area contributed by atoms with E-state index < -0.39 is 11.9 Å². The summed E-state index contributed by atoms with van der Waals surface area (Å²) in [5.74, 6) is 0.313. The zero-order valence-electron chi connectivity index (χ0n) is 12.1. The van der Waals surface area contributed by atoms with Crippen LogP contribution in [0.2, 0.25) is 0 Å². The van der Waals surface area contributed by atoms with Crippen molar-refractivity contribution in [1.29, 1.82) is 0 Å². The summed E-state index contributed by atoms with van der Waals surface area (Å²) in [4.78, 5) is 15.4. The summed E-state index contributed by atoms with van der Waals surface area (Å²) in [6, 6.07) is 11.3. The van der Waals surface area contributed by atoms with E-state index in [0.717, 1.165) is 12.3 Å². The lowest BCUT2D eigenvalue weighted by Crippen LogP contribution is -2.09. The van der Waals surface area contributed by atoms with Gasteiger partial charge in [0.05, 0.1) is 0 Å². The normalized spacial score (nSPS) is 11.3. The number of alkyl halides is 3. The summed E-state index contributed by atoms with van der Waals surface area (Å²) >= 11 is 0. The highest BCUT2D eigenvalue weighted by atomic mass is 19.4. The van der Waals surface area contributed by atoms with E-state index in [0.29, 0.717) is 11.4 Å². The van der Waals surface area contributed by atoms with Gasteiger partial charge in [0.1, 0.15) is 5.69 Å². The minimum atomic E-state index is -4.54. The molecule has 0 spiro atoms. The second kappa shape index (κ2) is 6.11. The minimum Gasteiger partial charge on any atom is -0.368 e. The zero-order valence-corrected chi connectivity index (χ0v) is 12.1. The first-order valence-corrected chi connectivity index (χ1v) is 6.79. The molecule has 122 valence electrons. The second-order valence-corrected chi connectivity index (χ2v) is 4.76. The summed E-state index contributed by atoms with van der Waals surface area (Å²) in [6.07, 6.45) is -3.49. The zero-order chi connectivity index (χ0) is 17.2. The van der Waals surface area contributed by atoms with E-state index in [4.69, 9.17) is 5.73 Å². The van der Waals surface area contributed by atoms with Gasteiger partial charge >= 0.3 is 6.18 Å². The highest BCUT2D eigenvalue weighted by Gasteiger charge is 2.32. The lowest BCUT2D eigenvalue weighted by atomic mass is 10.2. The maximum absolute atomic E-state index is 12.7. The third-order valence-corrected chi connectivity index (χ3v) is 2.99. The molecule has 0 saturated heterocycles. The van der Waals surface area contributed by atoms with Gasteiger partial charge in [0, 0.05) is 17.4 Å². The summed E-state index contributed by atoms with van der Waals surface area (Å²) in [6.45, 7) is 0. The molecule has 9 heteroatoms. The molecule has 3 N–H and O–H groups in total. The molecule has 0 unspecified atom stereocenters. The van der Waals surface area contributed by atoms with Gasteiger partial charge in [0.2, 0.25) is 11.9 Å². The quantitative estimate of drug-likeness (QED) is 0.765. The number of benzene rings is 1. The van der Waals surface area contributed by atoms with Crippen LogP contribution >= 0.6 is 0 Å². The molecular formula is C15H11F3N6. The predicted octanol–water partition coefficient (Wildman–Crippen LogP) is 3.28. The van der Waals surface area contributed by atoms with Crippen molar-refractivity contribution in [3.05, 3.63) is 54.4 Å². The number of hydrogen-bond acceptors (Lipinski definition) is 6. The van der Waals surface area contributed by atoms with Crippen LogP contribution in [0.25, 0.3) is 11.4 Å². The summed E-state index contributed by atoms with van der Waals surface area (Å²) in [5, 5.41) is 2.69. The van der Waals surface area contributed by atoms with Crippen molar-refractivity contribution in [3.8, 4) is 11.4 Å². The number of hydrogen-bond donors (Lipinski definition) is 2. The number of halogens is 3. The first kappa shape index (κ1) is 15.7.